The van der Waals surface area contributed by atoms with Gasteiger partial charge >= 0.3 is 0 Å². The van der Waals surface area contributed by atoms with Crippen molar-refractivity contribution in [3.05, 3.63) is 16.3 Å². The summed E-state index contributed by atoms with van der Waals surface area (Å²) in [6.45, 7) is 1.82. The fourth-order valence-electron chi connectivity index (χ4n) is 1.79. The van der Waals surface area contributed by atoms with Gasteiger partial charge in [-0.25, -0.2) is 0 Å². The van der Waals surface area contributed by atoms with Gasteiger partial charge in [0.25, 0.3) is 5.91 Å². The second-order valence-corrected chi connectivity index (χ2v) is 5.26. The van der Waals surface area contributed by atoms with Crippen LogP contribution >= 0.6 is 27.3 Å². The second kappa shape index (κ2) is 5.84. The average Bonchev–Trinajstić information content (AvgIpc) is 2.86. The highest BCUT2D eigenvalue weighted by Gasteiger charge is 2.29. The highest BCUT2D eigenvalue weighted by Crippen LogP contribution is 2.27. The van der Waals surface area contributed by atoms with E-state index in [1.54, 1.807) is 7.11 Å². The molecule has 0 aromatic carbocycles. The summed E-state index contributed by atoms with van der Waals surface area (Å²) in [5.74, 6) is 0.685. The Labute approximate surface area is 113 Å². The van der Waals surface area contributed by atoms with Crippen molar-refractivity contribution < 1.29 is 14.3 Å². The van der Waals surface area contributed by atoms with Gasteiger partial charge in [0, 0.05) is 11.9 Å². The van der Waals surface area contributed by atoms with Crippen molar-refractivity contribution in [1.82, 2.24) is 4.90 Å². The van der Waals surface area contributed by atoms with Crippen molar-refractivity contribution in [2.75, 3.05) is 32.2 Å². The molecule has 1 unspecified atom stereocenters. The predicted molar refractivity (Wildman–Crippen MR) is 70.3 cm³/mol. The summed E-state index contributed by atoms with van der Waals surface area (Å²) in [4.78, 5) is 14.9. The smallest absolute Gasteiger partial charge is 0.268 e. The molecule has 0 aliphatic carbocycles. The van der Waals surface area contributed by atoms with Gasteiger partial charge in [-0.3, -0.25) is 4.79 Å². The number of hydrogen-bond acceptors (Lipinski definition) is 4. The van der Waals surface area contributed by atoms with E-state index in [4.69, 9.17) is 9.47 Å². The van der Waals surface area contributed by atoms with Crippen molar-refractivity contribution in [1.29, 1.82) is 0 Å². The second-order valence-electron chi connectivity index (χ2n) is 3.70. The Morgan fingerprint density at radius 2 is 2.59 bits per heavy atom. The first-order valence-corrected chi connectivity index (χ1v) is 7.34. The minimum Gasteiger partial charge on any atom is -0.495 e. The number of carbonyl (C=O) groups excluding carboxylic acids is 1. The summed E-state index contributed by atoms with van der Waals surface area (Å²) in [7, 11) is 1.58. The van der Waals surface area contributed by atoms with Crippen molar-refractivity contribution in [3.8, 4) is 5.75 Å². The lowest BCUT2D eigenvalue weighted by Gasteiger charge is -2.34. The quantitative estimate of drug-likeness (QED) is 0.800. The Balaban J connectivity index is 2.18. The number of ether oxygens (including phenoxy) is 2. The summed E-state index contributed by atoms with van der Waals surface area (Å²) < 4.78 is 10.6. The van der Waals surface area contributed by atoms with Gasteiger partial charge in [0.15, 0.2) is 0 Å². The summed E-state index contributed by atoms with van der Waals surface area (Å²) >= 11 is 4.83. The number of thiophene rings is 1. The summed E-state index contributed by atoms with van der Waals surface area (Å²) in [6.07, 6.45) is 0. The van der Waals surface area contributed by atoms with Gasteiger partial charge in [-0.05, 0) is 11.4 Å². The minimum atomic E-state index is 0.0320. The number of morpholine rings is 1. The van der Waals surface area contributed by atoms with Crippen LogP contribution in [0.15, 0.2) is 11.4 Å². The highest BCUT2D eigenvalue weighted by atomic mass is 79.9. The molecule has 1 aliphatic rings. The SMILES string of the molecule is COc1ccsc1C(=O)N1CCOCC1CBr. The van der Waals surface area contributed by atoms with Gasteiger partial charge in [0.05, 0.1) is 26.4 Å². The molecule has 6 heteroatoms. The van der Waals surface area contributed by atoms with E-state index in [9.17, 15) is 4.79 Å². The largest absolute Gasteiger partial charge is 0.495 e. The van der Waals surface area contributed by atoms with E-state index in [-0.39, 0.29) is 11.9 Å². The molecule has 0 N–H and O–H groups in total. The average molecular weight is 320 g/mol. The topological polar surface area (TPSA) is 38.8 Å². The number of alkyl halides is 1. The molecule has 1 saturated heterocycles. The molecule has 1 fully saturated rings. The Kier molecular flexibility index (Phi) is 4.42. The van der Waals surface area contributed by atoms with E-state index >= 15 is 0 Å². The molecule has 0 saturated carbocycles. The number of methoxy groups -OCH3 is 1. The van der Waals surface area contributed by atoms with E-state index in [2.05, 4.69) is 15.9 Å². The number of hydrogen-bond donors (Lipinski definition) is 0. The fourth-order valence-corrected chi connectivity index (χ4v) is 3.14. The van der Waals surface area contributed by atoms with Crippen molar-refractivity contribution in [2.45, 2.75) is 6.04 Å². The lowest BCUT2D eigenvalue weighted by molar-refractivity contribution is 0.00538. The van der Waals surface area contributed by atoms with Crippen LogP contribution in [-0.4, -0.2) is 49.0 Å². The summed E-state index contributed by atoms with van der Waals surface area (Å²) in [6, 6.07) is 1.92. The molecule has 17 heavy (non-hydrogen) atoms. The fraction of sp³-hybridized carbons (Fsp3) is 0.545. The van der Waals surface area contributed by atoms with Crippen LogP contribution in [0, 0.1) is 0 Å². The highest BCUT2D eigenvalue weighted by molar-refractivity contribution is 9.09. The number of amides is 1. The van der Waals surface area contributed by atoms with Crippen LogP contribution in [0.2, 0.25) is 0 Å². The van der Waals surface area contributed by atoms with Gasteiger partial charge in [-0.15, -0.1) is 11.3 Å². The van der Waals surface area contributed by atoms with Crippen LogP contribution < -0.4 is 4.74 Å². The maximum Gasteiger partial charge on any atom is 0.268 e. The lowest BCUT2D eigenvalue weighted by Crippen LogP contribution is -2.49. The monoisotopic (exact) mass is 319 g/mol. The van der Waals surface area contributed by atoms with Gasteiger partial charge in [0.1, 0.15) is 10.6 Å². The molecule has 4 nitrogen and oxygen atoms in total. The molecule has 2 heterocycles. The van der Waals surface area contributed by atoms with Crippen molar-refractivity contribution in [2.24, 2.45) is 0 Å². The van der Waals surface area contributed by atoms with Crippen LogP contribution in [0.4, 0.5) is 0 Å². The van der Waals surface area contributed by atoms with Gasteiger partial charge in [0.2, 0.25) is 0 Å². The molecule has 1 aliphatic heterocycles. The molecule has 94 valence electrons. The van der Waals surface area contributed by atoms with Crippen molar-refractivity contribution in [3.63, 3.8) is 0 Å². The third kappa shape index (κ3) is 2.64. The first-order chi connectivity index (χ1) is 8.27. The third-order valence-electron chi connectivity index (χ3n) is 2.71. The Morgan fingerprint density at radius 1 is 1.76 bits per heavy atom. The lowest BCUT2D eigenvalue weighted by atomic mass is 10.2. The van der Waals surface area contributed by atoms with Crippen LogP contribution in [-0.2, 0) is 4.74 Å². The molecule has 1 aromatic rings. The van der Waals surface area contributed by atoms with Crippen molar-refractivity contribution >= 4 is 33.2 Å². The number of nitrogens with zero attached hydrogens (tertiary/aromatic N) is 1. The van der Waals surface area contributed by atoms with E-state index in [1.165, 1.54) is 11.3 Å². The molecule has 0 radical (unpaired) electrons. The van der Waals surface area contributed by atoms with E-state index in [1.807, 2.05) is 16.3 Å². The molecule has 1 aromatic heterocycles. The van der Waals surface area contributed by atoms with Crippen LogP contribution in [0.1, 0.15) is 9.67 Å². The van der Waals surface area contributed by atoms with Gasteiger partial charge in [-0.1, -0.05) is 15.9 Å². The molecule has 0 spiro atoms. The first-order valence-electron chi connectivity index (χ1n) is 5.34. The maximum absolute atomic E-state index is 12.4. The molecule has 1 atom stereocenters. The van der Waals surface area contributed by atoms with E-state index < -0.39 is 0 Å². The first kappa shape index (κ1) is 12.9. The molecular weight excluding hydrogens is 306 g/mol. The summed E-state index contributed by atoms with van der Waals surface area (Å²) in [5, 5.41) is 2.60. The van der Waals surface area contributed by atoms with E-state index in [0.717, 1.165) is 5.33 Å². The zero-order chi connectivity index (χ0) is 12.3. The Morgan fingerprint density at radius 3 is 3.29 bits per heavy atom. The standard InChI is InChI=1S/C11H14BrNO3S/c1-15-9-2-5-17-10(9)11(14)13-3-4-16-7-8(13)6-12/h2,5,8H,3-4,6-7H2,1H3. The maximum atomic E-state index is 12.4. The van der Waals surface area contributed by atoms with Gasteiger partial charge in [-0.2, -0.15) is 0 Å². The Bertz CT molecular complexity index is 396. The number of carbonyl (C=O) groups is 1. The van der Waals surface area contributed by atoms with Crippen LogP contribution in [0.3, 0.4) is 0 Å². The molecular formula is C11H14BrNO3S. The zero-order valence-electron chi connectivity index (χ0n) is 9.52. The number of halogens is 1. The van der Waals surface area contributed by atoms with Crippen LogP contribution in [0.5, 0.6) is 5.75 Å². The predicted octanol–water partition coefficient (Wildman–Crippen LogP) is 1.99. The summed E-state index contributed by atoms with van der Waals surface area (Å²) in [5.41, 5.74) is 0. The zero-order valence-corrected chi connectivity index (χ0v) is 11.9. The Hall–Kier alpha value is -0.590. The van der Waals surface area contributed by atoms with Gasteiger partial charge < -0.3 is 14.4 Å². The molecule has 1 amide bonds. The van der Waals surface area contributed by atoms with Crippen LogP contribution in [0.25, 0.3) is 0 Å². The molecule has 2 rings (SSSR count). The molecule has 0 bridgehead atoms. The normalized spacial score (nSPS) is 20.4. The third-order valence-corrected chi connectivity index (χ3v) is 4.34. The number of rotatable bonds is 3. The van der Waals surface area contributed by atoms with E-state index in [0.29, 0.717) is 30.4 Å². The minimum absolute atomic E-state index is 0.0320.